The van der Waals surface area contributed by atoms with Gasteiger partial charge in [-0.05, 0) is 318 Å². The van der Waals surface area contributed by atoms with E-state index in [9.17, 15) is 4.39 Å². The van der Waals surface area contributed by atoms with Gasteiger partial charge in [0.1, 0.15) is 5.82 Å². The van der Waals surface area contributed by atoms with Crippen LogP contribution in [0.1, 0.15) is 26.3 Å². The molecule has 606 valence electrons. The summed E-state index contributed by atoms with van der Waals surface area (Å²) in [6.07, 6.45) is 0. The third-order valence-electron chi connectivity index (χ3n) is 26.7. The highest BCUT2D eigenvalue weighted by molar-refractivity contribution is 6.26. The van der Waals surface area contributed by atoms with Gasteiger partial charge in [0.25, 0.3) is 0 Å². The quantitative estimate of drug-likeness (QED) is 0.126. The van der Waals surface area contributed by atoms with Gasteiger partial charge in [-0.2, -0.15) is 0 Å². The molecule has 25 aromatic carbocycles. The van der Waals surface area contributed by atoms with Gasteiger partial charge < -0.3 is 0 Å². The minimum Gasteiger partial charge on any atom is -0.207 e. The Balaban J connectivity index is 0.000000111. The minimum absolute atomic E-state index is 0.124. The molecule has 0 fully saturated rings. The summed E-state index contributed by atoms with van der Waals surface area (Å²) < 4.78 is 13.8. The normalized spacial score (nSPS) is 11.7. The molecule has 0 atom stereocenters. The molecule has 0 aromatic heterocycles. The second-order valence-corrected chi connectivity index (χ2v) is 35.4. The predicted octanol–water partition coefficient (Wildman–Crippen LogP) is 36.5. The number of rotatable bonds is 9. The van der Waals surface area contributed by atoms with E-state index in [2.05, 4.69) is 470 Å². The number of hydrogen-bond donors (Lipinski definition) is 0. The Morgan fingerprint density at radius 2 is 0.349 bits per heavy atom. The molecular formula is C128H87F. The molecule has 0 N–H and O–H groups in total. The third kappa shape index (κ3) is 14.3. The second-order valence-electron chi connectivity index (χ2n) is 35.4. The lowest BCUT2D eigenvalue weighted by molar-refractivity contribution is 0.590. The molecular weight excluding hydrogens is 1560 g/mol. The molecule has 1 heteroatoms. The van der Waals surface area contributed by atoms with Gasteiger partial charge in [-0.15, -0.1) is 0 Å². The van der Waals surface area contributed by atoms with E-state index in [0.29, 0.717) is 0 Å². The van der Waals surface area contributed by atoms with Gasteiger partial charge in [-0.1, -0.05) is 427 Å². The van der Waals surface area contributed by atoms with E-state index in [1.54, 1.807) is 0 Å². The molecule has 0 saturated heterocycles. The maximum absolute atomic E-state index is 13.8. The highest BCUT2D eigenvalue weighted by Crippen LogP contribution is 2.51. The number of benzene rings is 25. The monoisotopic (exact) mass is 1640 g/mol. The first-order valence-electron chi connectivity index (χ1n) is 44.7. The van der Waals surface area contributed by atoms with E-state index in [1.807, 2.05) is 12.1 Å². The smallest absolute Gasteiger partial charge is 0.123 e. The molecule has 0 radical (unpaired) electrons. The van der Waals surface area contributed by atoms with Crippen LogP contribution in [-0.4, -0.2) is 0 Å². The summed E-state index contributed by atoms with van der Waals surface area (Å²) in [7, 11) is 0. The van der Waals surface area contributed by atoms with Crippen LogP contribution >= 0.6 is 0 Å². The summed E-state index contributed by atoms with van der Waals surface area (Å²) in [4.78, 5) is 0. The van der Waals surface area contributed by atoms with Crippen LogP contribution in [0, 0.1) is 5.82 Å². The van der Waals surface area contributed by atoms with E-state index >= 15 is 0 Å². The minimum atomic E-state index is -0.226. The van der Waals surface area contributed by atoms with E-state index in [1.165, 1.54) is 247 Å². The van der Waals surface area contributed by atoms with Gasteiger partial charge in [-0.25, -0.2) is 4.39 Å². The first-order chi connectivity index (χ1) is 63.5. The van der Waals surface area contributed by atoms with Gasteiger partial charge in [-0.3, -0.25) is 0 Å². The zero-order chi connectivity index (χ0) is 86.2. The highest BCUT2D eigenvalue weighted by atomic mass is 19.1. The summed E-state index contributed by atoms with van der Waals surface area (Å²) in [5.74, 6) is -0.226. The molecule has 0 saturated carbocycles. The van der Waals surface area contributed by atoms with Crippen LogP contribution in [0.15, 0.2) is 473 Å². The molecule has 0 nitrogen and oxygen atoms in total. The third-order valence-corrected chi connectivity index (χ3v) is 26.7. The summed E-state index contributed by atoms with van der Waals surface area (Å²) in [6, 6.07) is 172. The predicted molar refractivity (Wildman–Crippen MR) is 554 cm³/mol. The number of hydrogen-bond acceptors (Lipinski definition) is 0. The second kappa shape index (κ2) is 32.4. The van der Waals surface area contributed by atoms with E-state index in [0.717, 1.165) is 11.1 Å². The SMILES string of the molecule is CC(C)(C)c1ccc(-c2ccc3c(-c4ccc5ccccc5c4)c4ccccc4c(-c4ccc5ccccc5c4)c3c2)cc1.Fc1ccc(-c2ccc3c(-c4ccc5ccccc5c4)c4ccccc4c(-c4ccc5ccccc5c4)c3c2)cc1.c1ccc2cc(-c3c4ccccc4c(-c4ccc5ccccc5c4)c4cc(-c5cccc6ccccc56)ccc34)ccc2c1. The van der Waals surface area contributed by atoms with Crippen molar-refractivity contribution in [1.29, 1.82) is 0 Å². The van der Waals surface area contributed by atoms with E-state index in [-0.39, 0.29) is 11.2 Å². The number of fused-ring (bicyclic) bond motifs is 13. The lowest BCUT2D eigenvalue weighted by Crippen LogP contribution is -2.10. The first-order valence-corrected chi connectivity index (χ1v) is 44.7. The van der Waals surface area contributed by atoms with Crippen LogP contribution < -0.4 is 0 Å². The topological polar surface area (TPSA) is 0 Å². The molecule has 0 heterocycles. The zero-order valence-electron chi connectivity index (χ0n) is 71.9. The van der Waals surface area contributed by atoms with Crippen LogP contribution in [-0.2, 0) is 5.41 Å². The van der Waals surface area contributed by atoms with E-state index < -0.39 is 0 Å². The molecule has 0 aliphatic carbocycles. The summed E-state index contributed by atoms with van der Waals surface area (Å²) >= 11 is 0. The van der Waals surface area contributed by atoms with Gasteiger partial charge >= 0.3 is 0 Å². The van der Waals surface area contributed by atoms with Crippen LogP contribution in [0.5, 0.6) is 0 Å². The molecule has 25 rings (SSSR count). The zero-order valence-corrected chi connectivity index (χ0v) is 71.9. The van der Waals surface area contributed by atoms with Crippen molar-refractivity contribution in [2.24, 2.45) is 0 Å². The first kappa shape index (κ1) is 77.6. The van der Waals surface area contributed by atoms with Gasteiger partial charge in [0.05, 0.1) is 0 Å². The molecule has 0 amide bonds. The van der Waals surface area contributed by atoms with Crippen LogP contribution in [0.2, 0.25) is 0 Å². The standard InChI is InChI=1S/C44H28.C44H34.C40H25F/c1-3-13-32-26-35(22-20-29(32)10-1)43-39-17-7-8-18-40(39)44(36-23-21-30-11-2-4-14-33(30)27-36)42-28-34(24-25-41(42)43)38-19-9-15-31-12-5-6-16-37(31)38;1-44(2,3)37-23-20-31(21-24-37)34-22-25-40-41(28-34)43(36-19-17-30-11-5-7-13-33(30)27-36)39-15-9-8-14-38(39)42(40)35-18-16-29-10-4-6-12-32(29)26-35;41-34-20-17-28(18-21-34)31-19-22-37-38(25-31)40(33-16-14-27-8-2-4-10-30(27)24-33)36-12-6-5-11-35(36)39(37)32-15-13-26-7-1-3-9-29(26)23-32/h1-28H;4-28H,1-3H3;1-25H. The van der Waals surface area contributed by atoms with Crippen LogP contribution in [0.4, 0.5) is 4.39 Å². The molecule has 129 heavy (non-hydrogen) atoms. The average molecular weight is 1640 g/mol. The Labute approximate surface area is 750 Å². The fourth-order valence-electron chi connectivity index (χ4n) is 20.3. The highest BCUT2D eigenvalue weighted by Gasteiger charge is 2.24. The largest absolute Gasteiger partial charge is 0.207 e. The molecule has 0 aliphatic heterocycles. The molecule has 25 aromatic rings. The van der Waals surface area contributed by atoms with Crippen molar-refractivity contribution in [1.82, 2.24) is 0 Å². The fraction of sp³-hybridized carbons (Fsp3) is 0.0312. The lowest BCUT2D eigenvalue weighted by atomic mass is 9.83. The molecule has 0 unspecified atom stereocenters. The average Bonchev–Trinajstić information content (AvgIpc) is 0.733. The Kier molecular flexibility index (Phi) is 19.5. The maximum Gasteiger partial charge on any atom is 0.123 e. The van der Waals surface area contributed by atoms with Crippen molar-refractivity contribution < 1.29 is 4.39 Å². The van der Waals surface area contributed by atoms with Crippen LogP contribution in [0.3, 0.4) is 0 Å². The summed E-state index contributed by atoms with van der Waals surface area (Å²) in [5.41, 5.74) is 23.5. The molecule has 0 aliphatic rings. The van der Waals surface area contributed by atoms with Gasteiger partial charge in [0, 0.05) is 0 Å². The number of halogens is 1. The van der Waals surface area contributed by atoms with Crippen LogP contribution in [0.25, 0.3) is 240 Å². The van der Waals surface area contributed by atoms with Crippen molar-refractivity contribution in [2.75, 3.05) is 0 Å². The Morgan fingerprint density at radius 3 is 0.643 bits per heavy atom. The van der Waals surface area contributed by atoms with Crippen molar-refractivity contribution in [3.63, 3.8) is 0 Å². The van der Waals surface area contributed by atoms with E-state index in [4.69, 9.17) is 0 Å². The summed E-state index contributed by atoms with van der Waals surface area (Å²) in [5, 5.41) is 32.5. The Bertz CT molecular complexity index is 8780. The summed E-state index contributed by atoms with van der Waals surface area (Å²) in [6.45, 7) is 6.81. The molecule has 0 spiro atoms. The Hall–Kier alpha value is -16.2. The maximum atomic E-state index is 13.8. The van der Waals surface area contributed by atoms with Gasteiger partial charge in [0.15, 0.2) is 0 Å². The lowest BCUT2D eigenvalue weighted by Gasteiger charge is -2.20. The van der Waals surface area contributed by atoms with Crippen molar-refractivity contribution in [3.05, 3.63) is 485 Å². The Morgan fingerprint density at radius 1 is 0.140 bits per heavy atom. The van der Waals surface area contributed by atoms with Crippen molar-refractivity contribution >= 4 is 140 Å². The van der Waals surface area contributed by atoms with Crippen molar-refractivity contribution in [3.8, 4) is 100 Å². The van der Waals surface area contributed by atoms with Crippen molar-refractivity contribution in [2.45, 2.75) is 26.2 Å². The fourth-order valence-corrected chi connectivity index (χ4v) is 20.3. The molecule has 0 bridgehead atoms. The van der Waals surface area contributed by atoms with Gasteiger partial charge in [0.2, 0.25) is 0 Å².